The van der Waals surface area contributed by atoms with Crippen LogP contribution in [0.2, 0.25) is 0 Å². The number of hydrogen-bond acceptors (Lipinski definition) is 4. The van der Waals surface area contributed by atoms with Crippen molar-refractivity contribution in [3.05, 3.63) is 29.3 Å². The van der Waals surface area contributed by atoms with Crippen molar-refractivity contribution in [2.24, 2.45) is 0 Å². The van der Waals surface area contributed by atoms with Gasteiger partial charge in [0.25, 0.3) is 5.91 Å². The molecule has 2 rings (SSSR count). The number of rotatable bonds is 4. The maximum atomic E-state index is 12.0. The highest BCUT2D eigenvalue weighted by Gasteiger charge is 2.21. The van der Waals surface area contributed by atoms with Crippen LogP contribution in [0.4, 0.5) is 0 Å². The van der Waals surface area contributed by atoms with Crippen LogP contribution in [0.1, 0.15) is 11.1 Å². The van der Waals surface area contributed by atoms with Gasteiger partial charge in [-0.05, 0) is 30.4 Å². The second kappa shape index (κ2) is 8.52. The summed E-state index contributed by atoms with van der Waals surface area (Å²) in [7, 11) is 0. The molecule has 6 heteroatoms. The number of hydrogen-bond donors (Lipinski definition) is 2. The third-order valence-electron chi connectivity index (χ3n) is 3.12. The number of carbonyl (C=O) groups excluding carboxylic acids is 1. The van der Waals surface area contributed by atoms with Crippen LogP contribution >= 0.6 is 24.2 Å². The smallest absolute Gasteiger partial charge is 0.250 e. The number of benzene rings is 1. The Bertz CT molecular complexity index is 451. The molecule has 1 amide bonds. The monoisotopic (exact) mass is 316 g/mol. The molecule has 1 heterocycles. The molecule has 1 fully saturated rings. The number of nitrogens with one attached hydrogen (secondary N) is 2. The molecular formula is C14H21ClN2O2S. The minimum absolute atomic E-state index is 0. The van der Waals surface area contributed by atoms with Gasteiger partial charge in [-0.1, -0.05) is 12.1 Å². The standard InChI is InChI=1S/C14H20N2O2S.ClH/c1-10-3-4-11(13(7-10)19-2)8-16-14(17)12-9-15-5-6-18-12;/h3-4,7,12,15H,5-6,8-9H2,1-2H3,(H,16,17);1H. The molecule has 1 aliphatic rings. The molecule has 0 saturated carbocycles. The Labute approximate surface area is 130 Å². The van der Waals surface area contributed by atoms with E-state index in [-0.39, 0.29) is 24.4 Å². The number of morpholine rings is 1. The van der Waals surface area contributed by atoms with Crippen molar-refractivity contribution in [1.29, 1.82) is 0 Å². The van der Waals surface area contributed by atoms with E-state index in [9.17, 15) is 4.79 Å². The lowest BCUT2D eigenvalue weighted by molar-refractivity contribution is -0.134. The maximum Gasteiger partial charge on any atom is 0.250 e. The van der Waals surface area contributed by atoms with Crippen LogP contribution in [0.25, 0.3) is 0 Å². The molecule has 4 nitrogen and oxygen atoms in total. The molecule has 0 spiro atoms. The van der Waals surface area contributed by atoms with E-state index in [0.29, 0.717) is 19.7 Å². The second-order valence-corrected chi connectivity index (χ2v) is 5.44. The number of aryl methyl sites for hydroxylation is 1. The molecule has 1 aliphatic heterocycles. The van der Waals surface area contributed by atoms with Crippen molar-refractivity contribution in [3.8, 4) is 0 Å². The SMILES string of the molecule is CSc1cc(C)ccc1CNC(=O)C1CNCCO1.Cl. The summed E-state index contributed by atoms with van der Waals surface area (Å²) < 4.78 is 5.42. The Morgan fingerprint density at radius 2 is 2.35 bits per heavy atom. The van der Waals surface area contributed by atoms with Gasteiger partial charge >= 0.3 is 0 Å². The molecule has 0 aromatic heterocycles. The van der Waals surface area contributed by atoms with E-state index >= 15 is 0 Å². The topological polar surface area (TPSA) is 50.4 Å². The zero-order valence-electron chi connectivity index (χ0n) is 11.8. The number of thioether (sulfide) groups is 1. The third kappa shape index (κ3) is 4.66. The summed E-state index contributed by atoms with van der Waals surface area (Å²) in [4.78, 5) is 13.2. The fourth-order valence-electron chi connectivity index (χ4n) is 2.03. The normalized spacial score (nSPS) is 18.2. The van der Waals surface area contributed by atoms with Crippen LogP contribution in [0.15, 0.2) is 23.1 Å². The van der Waals surface area contributed by atoms with Crippen molar-refractivity contribution in [2.45, 2.75) is 24.5 Å². The van der Waals surface area contributed by atoms with Gasteiger partial charge in [0.1, 0.15) is 6.10 Å². The van der Waals surface area contributed by atoms with Gasteiger partial charge in [-0.3, -0.25) is 4.79 Å². The van der Waals surface area contributed by atoms with Crippen molar-refractivity contribution in [3.63, 3.8) is 0 Å². The van der Waals surface area contributed by atoms with Gasteiger partial charge in [0, 0.05) is 24.5 Å². The first-order valence-electron chi connectivity index (χ1n) is 6.44. The van der Waals surface area contributed by atoms with E-state index in [0.717, 1.165) is 12.1 Å². The molecule has 0 bridgehead atoms. The zero-order valence-corrected chi connectivity index (χ0v) is 13.4. The van der Waals surface area contributed by atoms with Crippen LogP contribution in [-0.4, -0.2) is 38.0 Å². The number of carbonyl (C=O) groups is 1. The zero-order chi connectivity index (χ0) is 13.7. The molecule has 1 atom stereocenters. The van der Waals surface area contributed by atoms with Gasteiger partial charge < -0.3 is 15.4 Å². The molecular weight excluding hydrogens is 296 g/mol. The highest BCUT2D eigenvalue weighted by atomic mass is 35.5. The quantitative estimate of drug-likeness (QED) is 0.831. The molecule has 1 saturated heterocycles. The van der Waals surface area contributed by atoms with Gasteiger partial charge in [0.15, 0.2) is 0 Å². The van der Waals surface area contributed by atoms with E-state index in [1.165, 1.54) is 10.5 Å². The second-order valence-electron chi connectivity index (χ2n) is 4.60. The third-order valence-corrected chi connectivity index (χ3v) is 3.94. The van der Waals surface area contributed by atoms with Crippen LogP contribution in [0.3, 0.4) is 0 Å². The number of ether oxygens (including phenoxy) is 1. The lowest BCUT2D eigenvalue weighted by Gasteiger charge is -2.23. The molecule has 0 radical (unpaired) electrons. The first kappa shape index (κ1) is 17.3. The lowest BCUT2D eigenvalue weighted by atomic mass is 10.1. The maximum absolute atomic E-state index is 12.0. The fraction of sp³-hybridized carbons (Fsp3) is 0.500. The van der Waals surface area contributed by atoms with Gasteiger partial charge in [-0.15, -0.1) is 24.2 Å². The van der Waals surface area contributed by atoms with Gasteiger partial charge in [-0.25, -0.2) is 0 Å². The van der Waals surface area contributed by atoms with Crippen molar-refractivity contribution >= 4 is 30.1 Å². The Morgan fingerprint density at radius 1 is 1.55 bits per heavy atom. The molecule has 1 aromatic carbocycles. The van der Waals surface area contributed by atoms with Gasteiger partial charge in [0.2, 0.25) is 0 Å². The summed E-state index contributed by atoms with van der Waals surface area (Å²) in [6.07, 6.45) is 1.69. The average Bonchev–Trinajstić information content (AvgIpc) is 2.46. The predicted octanol–water partition coefficient (Wildman–Crippen LogP) is 1.74. The molecule has 1 aromatic rings. The van der Waals surface area contributed by atoms with Crippen LogP contribution < -0.4 is 10.6 Å². The first-order chi connectivity index (χ1) is 9.20. The highest BCUT2D eigenvalue weighted by molar-refractivity contribution is 7.98. The van der Waals surface area contributed by atoms with Crippen LogP contribution in [-0.2, 0) is 16.1 Å². The summed E-state index contributed by atoms with van der Waals surface area (Å²) in [6.45, 7) is 4.63. The average molecular weight is 317 g/mol. The van der Waals surface area contributed by atoms with E-state index in [1.807, 2.05) is 6.26 Å². The summed E-state index contributed by atoms with van der Waals surface area (Å²) in [5.74, 6) is -0.0418. The first-order valence-corrected chi connectivity index (χ1v) is 7.66. The molecule has 112 valence electrons. The fourth-order valence-corrected chi connectivity index (χ4v) is 2.73. The van der Waals surface area contributed by atoms with Crippen molar-refractivity contribution < 1.29 is 9.53 Å². The van der Waals surface area contributed by atoms with Crippen LogP contribution in [0.5, 0.6) is 0 Å². The number of halogens is 1. The van der Waals surface area contributed by atoms with Crippen molar-refractivity contribution in [2.75, 3.05) is 26.0 Å². The Morgan fingerprint density at radius 3 is 3.00 bits per heavy atom. The van der Waals surface area contributed by atoms with Crippen molar-refractivity contribution in [1.82, 2.24) is 10.6 Å². The molecule has 0 aliphatic carbocycles. The Kier molecular flexibility index (Phi) is 7.37. The summed E-state index contributed by atoms with van der Waals surface area (Å²) in [6, 6.07) is 6.28. The van der Waals surface area contributed by atoms with Gasteiger partial charge in [-0.2, -0.15) is 0 Å². The number of amides is 1. The summed E-state index contributed by atoms with van der Waals surface area (Å²) in [5, 5.41) is 6.10. The van der Waals surface area contributed by atoms with E-state index in [4.69, 9.17) is 4.74 Å². The van der Waals surface area contributed by atoms with E-state index in [2.05, 4.69) is 35.8 Å². The highest BCUT2D eigenvalue weighted by Crippen LogP contribution is 2.21. The van der Waals surface area contributed by atoms with E-state index in [1.54, 1.807) is 11.8 Å². The lowest BCUT2D eigenvalue weighted by Crippen LogP contribution is -2.47. The minimum Gasteiger partial charge on any atom is -0.366 e. The molecule has 1 unspecified atom stereocenters. The predicted molar refractivity (Wildman–Crippen MR) is 84.7 cm³/mol. The Hall–Kier alpha value is -0.750. The summed E-state index contributed by atoms with van der Waals surface area (Å²) in [5.41, 5.74) is 2.38. The van der Waals surface area contributed by atoms with Crippen LogP contribution in [0, 0.1) is 6.92 Å². The summed E-state index contributed by atoms with van der Waals surface area (Å²) >= 11 is 1.70. The van der Waals surface area contributed by atoms with Gasteiger partial charge in [0.05, 0.1) is 6.61 Å². The Balaban J connectivity index is 0.00000200. The molecule has 2 N–H and O–H groups in total. The molecule has 20 heavy (non-hydrogen) atoms. The van der Waals surface area contributed by atoms with E-state index < -0.39 is 0 Å². The minimum atomic E-state index is -0.364. The largest absolute Gasteiger partial charge is 0.366 e.